The molecule has 0 amide bonds. The first kappa shape index (κ1) is 13.6. The Morgan fingerprint density at radius 1 is 1.32 bits per heavy atom. The summed E-state index contributed by atoms with van der Waals surface area (Å²) in [7, 11) is 0. The maximum Gasteiger partial charge on any atom is 0.316 e. The monoisotopic (exact) mass is 277 g/mol. The molecule has 0 saturated heterocycles. The predicted molar refractivity (Wildman–Crippen MR) is 73.5 cm³/mol. The number of hydrogen-bond donors (Lipinski definition) is 0. The summed E-state index contributed by atoms with van der Waals surface area (Å²) < 4.78 is 6.82. The lowest BCUT2D eigenvalue weighted by molar-refractivity contribution is -0.139. The smallest absolute Gasteiger partial charge is 0.316 e. The van der Waals surface area contributed by atoms with Gasteiger partial charge >= 0.3 is 5.97 Å². The number of carbonyl (C=O) groups is 1. The van der Waals surface area contributed by atoms with E-state index in [-0.39, 0.29) is 11.7 Å². The Balaban J connectivity index is 2.17. The highest BCUT2D eigenvalue weighted by Gasteiger charge is 2.13. The SMILES string of the molecule is CCOC(=O)CSc1nnc(C)n1-c1ccccc1. The molecule has 1 aromatic heterocycles. The minimum Gasteiger partial charge on any atom is -0.465 e. The summed E-state index contributed by atoms with van der Waals surface area (Å²) in [5.74, 6) is 0.782. The van der Waals surface area contributed by atoms with Crippen molar-refractivity contribution in [3.8, 4) is 5.69 Å². The van der Waals surface area contributed by atoms with Gasteiger partial charge in [-0.05, 0) is 26.0 Å². The Hall–Kier alpha value is -1.82. The molecule has 5 nitrogen and oxygen atoms in total. The zero-order valence-electron chi connectivity index (χ0n) is 10.9. The number of carbonyl (C=O) groups excluding carboxylic acids is 1. The standard InChI is InChI=1S/C13H15N3O2S/c1-3-18-12(17)9-19-13-15-14-10(2)16(13)11-7-5-4-6-8-11/h4-8H,3,9H2,1-2H3. The van der Waals surface area contributed by atoms with E-state index in [1.165, 1.54) is 11.8 Å². The third-order valence-corrected chi connectivity index (χ3v) is 3.34. The van der Waals surface area contributed by atoms with Crippen LogP contribution in [0.15, 0.2) is 35.5 Å². The maximum atomic E-state index is 11.4. The molecule has 0 unspecified atom stereocenters. The Morgan fingerprint density at radius 2 is 2.05 bits per heavy atom. The van der Waals surface area contributed by atoms with Crippen LogP contribution in [0.1, 0.15) is 12.7 Å². The van der Waals surface area contributed by atoms with E-state index >= 15 is 0 Å². The van der Waals surface area contributed by atoms with Crippen molar-refractivity contribution in [2.75, 3.05) is 12.4 Å². The number of para-hydroxylation sites is 1. The lowest BCUT2D eigenvalue weighted by atomic mass is 10.3. The zero-order chi connectivity index (χ0) is 13.7. The average molecular weight is 277 g/mol. The molecule has 0 fully saturated rings. The molecule has 0 aliphatic rings. The van der Waals surface area contributed by atoms with E-state index in [9.17, 15) is 4.79 Å². The van der Waals surface area contributed by atoms with Gasteiger partial charge in [-0.3, -0.25) is 9.36 Å². The van der Waals surface area contributed by atoms with Crippen LogP contribution >= 0.6 is 11.8 Å². The number of thioether (sulfide) groups is 1. The predicted octanol–water partition coefficient (Wildman–Crippen LogP) is 2.23. The summed E-state index contributed by atoms with van der Waals surface area (Å²) in [5.41, 5.74) is 0.983. The van der Waals surface area contributed by atoms with E-state index in [1.807, 2.05) is 41.8 Å². The minimum absolute atomic E-state index is 0.235. The number of benzene rings is 1. The molecule has 0 aliphatic carbocycles. The van der Waals surface area contributed by atoms with Gasteiger partial charge in [-0.1, -0.05) is 30.0 Å². The number of rotatable bonds is 5. The number of aryl methyl sites for hydroxylation is 1. The Bertz CT molecular complexity index is 554. The Kier molecular flexibility index (Phi) is 4.57. The molecule has 0 bridgehead atoms. The van der Waals surface area contributed by atoms with Crippen LogP contribution in [0, 0.1) is 6.92 Å². The molecule has 0 saturated carbocycles. The lowest BCUT2D eigenvalue weighted by Crippen LogP contribution is -2.08. The summed E-state index contributed by atoms with van der Waals surface area (Å²) in [6.07, 6.45) is 0. The van der Waals surface area contributed by atoms with Crippen molar-refractivity contribution in [2.45, 2.75) is 19.0 Å². The molecule has 0 aliphatic heterocycles. The van der Waals surface area contributed by atoms with Crippen molar-refractivity contribution in [2.24, 2.45) is 0 Å². The molecule has 2 aromatic rings. The van der Waals surface area contributed by atoms with Gasteiger partial charge in [-0.2, -0.15) is 0 Å². The van der Waals surface area contributed by atoms with Crippen molar-refractivity contribution < 1.29 is 9.53 Å². The highest BCUT2D eigenvalue weighted by molar-refractivity contribution is 7.99. The van der Waals surface area contributed by atoms with E-state index in [0.29, 0.717) is 11.8 Å². The third-order valence-electron chi connectivity index (χ3n) is 2.43. The zero-order valence-corrected chi connectivity index (χ0v) is 11.7. The van der Waals surface area contributed by atoms with E-state index < -0.39 is 0 Å². The summed E-state index contributed by atoms with van der Waals surface area (Å²) in [6, 6.07) is 9.81. The largest absolute Gasteiger partial charge is 0.465 e. The van der Waals surface area contributed by atoms with Crippen LogP contribution in [-0.2, 0) is 9.53 Å². The van der Waals surface area contributed by atoms with Gasteiger partial charge in [0.25, 0.3) is 0 Å². The summed E-state index contributed by atoms with van der Waals surface area (Å²) >= 11 is 1.33. The van der Waals surface area contributed by atoms with Crippen molar-refractivity contribution in [1.29, 1.82) is 0 Å². The molecule has 100 valence electrons. The van der Waals surface area contributed by atoms with Crippen molar-refractivity contribution >= 4 is 17.7 Å². The molecule has 2 rings (SSSR count). The van der Waals surface area contributed by atoms with Crippen LogP contribution in [-0.4, -0.2) is 33.1 Å². The maximum absolute atomic E-state index is 11.4. The van der Waals surface area contributed by atoms with Gasteiger partial charge in [0.2, 0.25) is 0 Å². The molecule has 1 heterocycles. The second-order valence-electron chi connectivity index (χ2n) is 3.79. The van der Waals surface area contributed by atoms with Crippen LogP contribution < -0.4 is 0 Å². The van der Waals surface area contributed by atoms with Gasteiger partial charge in [0.15, 0.2) is 5.16 Å². The number of aromatic nitrogens is 3. The first-order valence-corrected chi connectivity index (χ1v) is 6.96. The van der Waals surface area contributed by atoms with Crippen LogP contribution in [0.3, 0.4) is 0 Å². The molecular formula is C13H15N3O2S. The molecular weight excluding hydrogens is 262 g/mol. The van der Waals surface area contributed by atoms with E-state index in [0.717, 1.165) is 11.5 Å². The number of hydrogen-bond acceptors (Lipinski definition) is 5. The molecule has 0 atom stereocenters. The number of esters is 1. The van der Waals surface area contributed by atoms with Crippen LogP contribution in [0.25, 0.3) is 5.69 Å². The quantitative estimate of drug-likeness (QED) is 0.619. The van der Waals surface area contributed by atoms with Gasteiger partial charge < -0.3 is 4.74 Å². The fourth-order valence-electron chi connectivity index (χ4n) is 1.64. The average Bonchev–Trinajstić information content (AvgIpc) is 2.79. The van der Waals surface area contributed by atoms with Gasteiger partial charge in [-0.25, -0.2) is 0 Å². The first-order valence-electron chi connectivity index (χ1n) is 5.98. The van der Waals surface area contributed by atoms with Crippen molar-refractivity contribution in [1.82, 2.24) is 14.8 Å². The van der Waals surface area contributed by atoms with Gasteiger partial charge in [0.05, 0.1) is 12.4 Å². The highest BCUT2D eigenvalue weighted by Crippen LogP contribution is 2.21. The van der Waals surface area contributed by atoms with Crippen LogP contribution in [0.4, 0.5) is 0 Å². The fourth-order valence-corrected chi connectivity index (χ4v) is 2.43. The van der Waals surface area contributed by atoms with Gasteiger partial charge in [0.1, 0.15) is 5.82 Å². The summed E-state index contributed by atoms with van der Waals surface area (Å²) in [6.45, 7) is 4.07. The molecule has 1 aromatic carbocycles. The van der Waals surface area contributed by atoms with Crippen molar-refractivity contribution in [3.63, 3.8) is 0 Å². The minimum atomic E-state index is -0.243. The number of nitrogens with zero attached hydrogens (tertiary/aromatic N) is 3. The third kappa shape index (κ3) is 3.35. The molecule has 19 heavy (non-hydrogen) atoms. The summed E-state index contributed by atoms with van der Waals surface area (Å²) in [5, 5.41) is 8.84. The second kappa shape index (κ2) is 6.38. The highest BCUT2D eigenvalue weighted by atomic mass is 32.2. The molecule has 0 N–H and O–H groups in total. The molecule has 6 heteroatoms. The van der Waals surface area contributed by atoms with Crippen LogP contribution in [0.2, 0.25) is 0 Å². The van der Waals surface area contributed by atoms with Crippen LogP contribution in [0.5, 0.6) is 0 Å². The van der Waals surface area contributed by atoms with E-state index in [2.05, 4.69) is 10.2 Å². The number of ether oxygens (including phenoxy) is 1. The van der Waals surface area contributed by atoms with Gasteiger partial charge in [-0.15, -0.1) is 10.2 Å². The lowest BCUT2D eigenvalue weighted by Gasteiger charge is -2.07. The second-order valence-corrected chi connectivity index (χ2v) is 4.74. The Morgan fingerprint density at radius 3 is 2.74 bits per heavy atom. The van der Waals surface area contributed by atoms with Crippen molar-refractivity contribution in [3.05, 3.63) is 36.2 Å². The fraction of sp³-hybridized carbons (Fsp3) is 0.308. The first-order chi connectivity index (χ1) is 9.22. The summed E-state index contributed by atoms with van der Waals surface area (Å²) in [4.78, 5) is 11.4. The topological polar surface area (TPSA) is 57.0 Å². The van der Waals surface area contributed by atoms with E-state index in [4.69, 9.17) is 4.74 Å². The Labute approximate surface area is 116 Å². The normalized spacial score (nSPS) is 10.4. The molecule has 0 radical (unpaired) electrons. The molecule has 0 spiro atoms. The van der Waals surface area contributed by atoms with Gasteiger partial charge in [0, 0.05) is 5.69 Å². The van der Waals surface area contributed by atoms with E-state index in [1.54, 1.807) is 6.92 Å².